The summed E-state index contributed by atoms with van der Waals surface area (Å²) < 4.78 is 21.0. The molecular weight excluding hydrogens is 546 g/mol. The lowest BCUT2D eigenvalue weighted by Gasteiger charge is -2.40. The quantitative estimate of drug-likeness (QED) is 0.0580. The Kier molecular flexibility index (Phi) is 12.3. The summed E-state index contributed by atoms with van der Waals surface area (Å²) in [6.45, 7) is -1.15. The van der Waals surface area contributed by atoms with Gasteiger partial charge >= 0.3 is 12.1 Å². The number of aliphatic imine (C=N–C) groups is 1. The number of carboxylic acids is 1. The molecule has 1 fully saturated rings. The molecule has 2 aliphatic rings. The maximum absolute atomic E-state index is 12.5. The summed E-state index contributed by atoms with van der Waals surface area (Å²) in [7, 11) is 0. The minimum atomic E-state index is -1.83. The summed E-state index contributed by atoms with van der Waals surface area (Å²) in [6, 6.07) is -2.50. The topological polar surface area (TPSA) is 318 Å². The zero-order chi connectivity index (χ0) is 30.1. The lowest BCUT2D eigenvalue weighted by Crippen LogP contribution is -2.61. The fraction of sp³-hybridized carbons (Fsp3) is 0.714. The SMILES string of the molecule is CC(=O)N[C@H]1[C@H]([C@H](OC(=O)NCCO[C@H]2O[C@H](CO)[C@@H](O)[C@H](O)[C@@H]2O)[C@H](O)CO)OC(C(=O)O)=C[C@@H]1N=C(N)N. The Morgan fingerprint density at radius 3 is 2.38 bits per heavy atom. The van der Waals surface area contributed by atoms with Gasteiger partial charge < -0.3 is 76.8 Å². The number of aliphatic hydroxyl groups is 6. The number of nitrogens with zero attached hydrogens (tertiary/aromatic N) is 1. The van der Waals surface area contributed by atoms with Crippen LogP contribution in [-0.2, 0) is 28.5 Å². The molecule has 0 aliphatic carbocycles. The van der Waals surface area contributed by atoms with Crippen molar-refractivity contribution < 1.29 is 69.1 Å². The average molecular weight is 582 g/mol. The Morgan fingerprint density at radius 1 is 1.15 bits per heavy atom. The van der Waals surface area contributed by atoms with Crippen LogP contribution in [0.4, 0.5) is 4.79 Å². The number of hydrogen-bond acceptors (Lipinski definition) is 14. The molecule has 2 amide bonds. The second-order valence-electron chi connectivity index (χ2n) is 8.80. The van der Waals surface area contributed by atoms with E-state index in [1.54, 1.807) is 0 Å². The number of guanidine groups is 1. The lowest BCUT2D eigenvalue weighted by molar-refractivity contribution is -0.300. The van der Waals surface area contributed by atoms with Gasteiger partial charge in [0, 0.05) is 13.5 Å². The maximum atomic E-state index is 12.5. The van der Waals surface area contributed by atoms with Gasteiger partial charge in [-0.3, -0.25) is 4.79 Å². The molecule has 0 aromatic heterocycles. The zero-order valence-corrected chi connectivity index (χ0v) is 21.3. The number of carbonyl (C=O) groups excluding carboxylic acids is 2. The number of amides is 2. The van der Waals surface area contributed by atoms with Crippen LogP contribution >= 0.6 is 0 Å². The number of aliphatic hydroxyl groups excluding tert-OH is 6. The molecular formula is C21H35N5O14. The number of carboxylic acid groups (broad SMARTS) is 1. The number of rotatable bonds is 12. The van der Waals surface area contributed by atoms with Crippen molar-refractivity contribution in [2.24, 2.45) is 16.5 Å². The van der Waals surface area contributed by atoms with Gasteiger partial charge in [0.25, 0.3) is 0 Å². The third-order valence-electron chi connectivity index (χ3n) is 5.82. The molecule has 40 heavy (non-hydrogen) atoms. The summed E-state index contributed by atoms with van der Waals surface area (Å²) in [6.07, 6.45) is -13.0. The fourth-order valence-corrected chi connectivity index (χ4v) is 3.96. The molecule has 2 rings (SSSR count). The summed E-state index contributed by atoms with van der Waals surface area (Å²) in [5.74, 6) is -3.35. The summed E-state index contributed by atoms with van der Waals surface area (Å²) >= 11 is 0. The van der Waals surface area contributed by atoms with Crippen molar-refractivity contribution in [3.63, 3.8) is 0 Å². The van der Waals surface area contributed by atoms with E-state index >= 15 is 0 Å². The van der Waals surface area contributed by atoms with Crippen LogP contribution in [0.15, 0.2) is 16.8 Å². The molecule has 228 valence electrons. The van der Waals surface area contributed by atoms with Gasteiger partial charge in [-0.2, -0.15) is 0 Å². The molecule has 13 N–H and O–H groups in total. The molecule has 0 unspecified atom stereocenters. The van der Waals surface area contributed by atoms with Crippen LogP contribution in [-0.4, -0.2) is 147 Å². The van der Waals surface area contributed by atoms with Crippen LogP contribution in [0.3, 0.4) is 0 Å². The first-order valence-corrected chi connectivity index (χ1v) is 11.9. The first kappa shape index (κ1) is 32.9. The molecule has 10 atom stereocenters. The van der Waals surface area contributed by atoms with Crippen molar-refractivity contribution in [3.8, 4) is 0 Å². The molecule has 0 bridgehead atoms. The molecule has 0 aromatic rings. The molecule has 2 aliphatic heterocycles. The van der Waals surface area contributed by atoms with Gasteiger partial charge in [0.1, 0.15) is 30.5 Å². The minimum absolute atomic E-state index is 0.298. The van der Waals surface area contributed by atoms with Crippen molar-refractivity contribution in [2.45, 2.75) is 68.0 Å². The molecule has 0 spiro atoms. The number of carbonyl (C=O) groups is 3. The molecule has 2 heterocycles. The number of nitrogens with two attached hydrogens (primary N) is 2. The van der Waals surface area contributed by atoms with E-state index in [0.29, 0.717) is 0 Å². The third-order valence-corrected chi connectivity index (χ3v) is 5.82. The fourth-order valence-electron chi connectivity index (χ4n) is 3.96. The highest BCUT2D eigenvalue weighted by Gasteiger charge is 2.47. The Morgan fingerprint density at radius 2 is 1.82 bits per heavy atom. The third kappa shape index (κ3) is 8.60. The van der Waals surface area contributed by atoms with Gasteiger partial charge in [0.15, 0.2) is 24.5 Å². The van der Waals surface area contributed by atoms with E-state index in [-0.39, 0.29) is 13.2 Å². The maximum Gasteiger partial charge on any atom is 0.407 e. The van der Waals surface area contributed by atoms with Crippen LogP contribution in [0.2, 0.25) is 0 Å². The van der Waals surface area contributed by atoms with Gasteiger partial charge in [-0.1, -0.05) is 0 Å². The molecule has 0 radical (unpaired) electrons. The second kappa shape index (κ2) is 14.9. The molecule has 0 aromatic carbocycles. The van der Waals surface area contributed by atoms with Gasteiger partial charge in [-0.25, -0.2) is 14.6 Å². The Labute approximate surface area is 227 Å². The number of aliphatic carboxylic acids is 1. The predicted octanol–water partition coefficient (Wildman–Crippen LogP) is -6.24. The van der Waals surface area contributed by atoms with Crippen LogP contribution in [0.25, 0.3) is 0 Å². The standard InChI is InChI=1S/C21H35N5O14/c1-7(29)25-12-8(26-20(22)23)4-10(18(34)35)38-17(12)16(9(30)5-27)40-21(36)24-2-3-37-19-15(33)14(32)13(31)11(6-28)39-19/h4,8-9,11-17,19,27-28,30-33H,2-3,5-6H2,1H3,(H,24,36)(H,25,29)(H,34,35)(H4,22,23,26)/t8-,9+,11+,12+,13+,14-,15-,16+,17+,19-/m0/s1. The highest BCUT2D eigenvalue weighted by atomic mass is 16.7. The summed E-state index contributed by atoms with van der Waals surface area (Å²) in [5, 5.41) is 72.9. The smallest absolute Gasteiger partial charge is 0.407 e. The molecule has 19 heteroatoms. The van der Waals surface area contributed by atoms with Gasteiger partial charge in [-0.05, 0) is 6.08 Å². The Bertz CT molecular complexity index is 945. The van der Waals surface area contributed by atoms with Crippen molar-refractivity contribution >= 4 is 23.9 Å². The molecule has 19 nitrogen and oxygen atoms in total. The molecule has 1 saturated heterocycles. The summed E-state index contributed by atoms with van der Waals surface area (Å²) in [4.78, 5) is 39.9. The first-order chi connectivity index (χ1) is 18.8. The Balaban J connectivity index is 2.12. The monoisotopic (exact) mass is 581 g/mol. The highest BCUT2D eigenvalue weighted by molar-refractivity contribution is 5.85. The van der Waals surface area contributed by atoms with Crippen molar-refractivity contribution in [1.82, 2.24) is 10.6 Å². The number of ether oxygens (including phenoxy) is 4. The minimum Gasteiger partial charge on any atom is -0.477 e. The van der Waals surface area contributed by atoms with Crippen molar-refractivity contribution in [1.29, 1.82) is 0 Å². The van der Waals surface area contributed by atoms with E-state index in [4.69, 9.17) is 30.4 Å². The van der Waals surface area contributed by atoms with Crippen LogP contribution < -0.4 is 22.1 Å². The van der Waals surface area contributed by atoms with E-state index in [0.717, 1.165) is 13.0 Å². The zero-order valence-electron chi connectivity index (χ0n) is 21.3. The number of hydrogen-bond donors (Lipinski definition) is 11. The van der Waals surface area contributed by atoms with Crippen molar-refractivity contribution in [3.05, 3.63) is 11.8 Å². The normalized spacial score (nSPS) is 31.5. The van der Waals surface area contributed by atoms with Crippen molar-refractivity contribution in [2.75, 3.05) is 26.4 Å². The summed E-state index contributed by atoms with van der Waals surface area (Å²) in [5.41, 5.74) is 10.8. The predicted molar refractivity (Wildman–Crippen MR) is 129 cm³/mol. The second-order valence-corrected chi connectivity index (χ2v) is 8.80. The average Bonchev–Trinajstić information content (AvgIpc) is 2.89. The van der Waals surface area contributed by atoms with Crippen LogP contribution in [0.1, 0.15) is 6.92 Å². The van der Waals surface area contributed by atoms with Crippen LogP contribution in [0, 0.1) is 0 Å². The van der Waals surface area contributed by atoms with Gasteiger partial charge in [-0.15, -0.1) is 0 Å². The highest BCUT2D eigenvalue weighted by Crippen LogP contribution is 2.27. The van der Waals surface area contributed by atoms with Gasteiger partial charge in [0.05, 0.1) is 31.9 Å². The number of alkyl carbamates (subject to hydrolysis) is 1. The molecule has 0 saturated carbocycles. The first-order valence-electron chi connectivity index (χ1n) is 11.9. The lowest BCUT2D eigenvalue weighted by atomic mass is 9.92. The van der Waals surface area contributed by atoms with Gasteiger partial charge in [0.2, 0.25) is 11.7 Å². The van der Waals surface area contributed by atoms with E-state index in [2.05, 4.69) is 15.6 Å². The van der Waals surface area contributed by atoms with E-state index in [1.165, 1.54) is 0 Å². The van der Waals surface area contributed by atoms with Crippen LogP contribution in [0.5, 0.6) is 0 Å². The largest absolute Gasteiger partial charge is 0.477 e. The van der Waals surface area contributed by atoms with E-state index < -0.39 is 104 Å². The van der Waals surface area contributed by atoms with E-state index in [1.807, 2.05) is 0 Å². The Hall–Kier alpha value is -3.30. The number of nitrogens with one attached hydrogen (secondary N) is 2. The van der Waals surface area contributed by atoms with E-state index in [9.17, 15) is 50.1 Å².